The summed E-state index contributed by atoms with van der Waals surface area (Å²) in [6.07, 6.45) is 5.81. The fourth-order valence-corrected chi connectivity index (χ4v) is 8.70. The van der Waals surface area contributed by atoms with Crippen molar-refractivity contribution in [3.05, 3.63) is 101 Å². The minimum Gasteiger partial charge on any atom is -0.369 e. The van der Waals surface area contributed by atoms with E-state index in [4.69, 9.17) is 0 Å². The summed E-state index contributed by atoms with van der Waals surface area (Å²) in [7, 11) is 0. The van der Waals surface area contributed by atoms with Crippen molar-refractivity contribution >= 4 is 62.7 Å². The van der Waals surface area contributed by atoms with Crippen LogP contribution in [-0.2, 0) is 20.8 Å². The van der Waals surface area contributed by atoms with Gasteiger partial charge in [-0.2, -0.15) is 4.68 Å². The van der Waals surface area contributed by atoms with E-state index in [1.807, 2.05) is 48.8 Å². The van der Waals surface area contributed by atoms with Crippen molar-refractivity contribution in [2.45, 2.75) is 56.3 Å². The van der Waals surface area contributed by atoms with E-state index in [0.717, 1.165) is 79.4 Å². The lowest BCUT2D eigenvalue weighted by Gasteiger charge is -2.49. The molecule has 3 aromatic carbocycles. The quantitative estimate of drug-likeness (QED) is 0.172. The van der Waals surface area contributed by atoms with Gasteiger partial charge in [0.15, 0.2) is 17.0 Å². The van der Waals surface area contributed by atoms with Gasteiger partial charge in [-0.15, -0.1) is 5.10 Å². The molecule has 3 saturated heterocycles. The number of nitrogens with zero attached hydrogens (tertiary/aromatic N) is 10. The third-order valence-corrected chi connectivity index (χ3v) is 12.2. The van der Waals surface area contributed by atoms with Gasteiger partial charge in [-0.05, 0) is 67.3 Å². The van der Waals surface area contributed by atoms with E-state index in [0.29, 0.717) is 34.7 Å². The van der Waals surface area contributed by atoms with E-state index in [2.05, 4.69) is 84.7 Å². The number of hydrogen-bond donors (Lipinski definition) is 3. The third kappa shape index (κ3) is 7.22. The van der Waals surface area contributed by atoms with Crippen LogP contribution >= 0.6 is 0 Å². The number of rotatable bonds is 10. The van der Waals surface area contributed by atoms with Gasteiger partial charge in [0.05, 0.1) is 18.1 Å². The maximum absolute atomic E-state index is 13.4. The predicted molar refractivity (Wildman–Crippen MR) is 220 cm³/mol. The number of benzene rings is 3. The molecule has 10 rings (SSSR count). The van der Waals surface area contributed by atoms with E-state index in [9.17, 15) is 19.2 Å². The van der Waals surface area contributed by atoms with Gasteiger partial charge >= 0.3 is 0 Å². The van der Waals surface area contributed by atoms with Crippen LogP contribution in [0.5, 0.6) is 0 Å². The summed E-state index contributed by atoms with van der Waals surface area (Å²) in [5, 5.41) is 17.5. The molecule has 3 amide bonds. The van der Waals surface area contributed by atoms with Crippen LogP contribution in [0.2, 0.25) is 0 Å². The number of amides is 3. The highest BCUT2D eigenvalue weighted by molar-refractivity contribution is 5.99. The standard InChI is InChI=1S/C42H43N13O4/c56-36-13-12-35(41(58)48-36)55-42(59)33-21-30(10-11-34(33)49-50-55)53-22-32(23-53)52-16-14-51(15-17-52)29-8-6-27(7-9-29)47-39-38-40(44-24-43-39)54(25-45-38)31-19-28(20-31)46-37(57)18-26-4-2-1-3-5-26/h1-11,21,24-25,28,31-32,35H,12-20,22-23H2,(H,46,57)(H,43,44,47)(H,48,56,58)/t28?,31?,35-/m0/s1. The zero-order valence-electron chi connectivity index (χ0n) is 32.3. The maximum Gasteiger partial charge on any atom is 0.278 e. The second kappa shape index (κ2) is 15.2. The van der Waals surface area contributed by atoms with Gasteiger partial charge in [0, 0.05) is 80.9 Å². The van der Waals surface area contributed by atoms with Gasteiger partial charge in [-0.25, -0.2) is 15.0 Å². The maximum atomic E-state index is 13.4. The van der Waals surface area contributed by atoms with Crippen molar-refractivity contribution in [1.82, 2.24) is 50.0 Å². The summed E-state index contributed by atoms with van der Waals surface area (Å²) in [6.45, 7) is 5.45. The first-order valence-corrected chi connectivity index (χ1v) is 20.2. The van der Waals surface area contributed by atoms with Crippen LogP contribution in [0.15, 0.2) is 90.2 Å². The highest BCUT2D eigenvalue weighted by atomic mass is 16.2. The lowest BCUT2D eigenvalue weighted by molar-refractivity contribution is -0.136. The molecule has 6 aromatic rings. The fourth-order valence-electron chi connectivity index (χ4n) is 8.70. The normalized spacial score (nSPS) is 21.3. The van der Waals surface area contributed by atoms with Crippen LogP contribution in [-0.4, -0.2) is 108 Å². The first-order valence-electron chi connectivity index (χ1n) is 20.2. The van der Waals surface area contributed by atoms with Gasteiger partial charge < -0.3 is 25.0 Å². The number of carbonyl (C=O) groups excluding carboxylic acids is 3. The Kier molecular flexibility index (Phi) is 9.43. The van der Waals surface area contributed by atoms with E-state index in [1.165, 1.54) is 5.69 Å². The van der Waals surface area contributed by atoms with Gasteiger partial charge in [0.2, 0.25) is 11.8 Å². The fraction of sp³-hybridized carbons (Fsp3) is 0.357. The summed E-state index contributed by atoms with van der Waals surface area (Å²) < 4.78 is 3.20. The molecule has 300 valence electrons. The number of fused-ring (bicyclic) bond motifs is 2. The molecule has 17 nitrogen and oxygen atoms in total. The second-order valence-corrected chi connectivity index (χ2v) is 15.9. The highest BCUT2D eigenvalue weighted by Gasteiger charge is 2.35. The summed E-state index contributed by atoms with van der Waals surface area (Å²) in [5.74, 6) is -0.178. The monoisotopic (exact) mass is 793 g/mol. The molecule has 1 saturated carbocycles. The van der Waals surface area contributed by atoms with Crippen molar-refractivity contribution in [2.24, 2.45) is 0 Å². The summed E-state index contributed by atoms with van der Waals surface area (Å²) in [4.78, 5) is 70.9. The number of imide groups is 1. The lowest BCUT2D eigenvalue weighted by Crippen LogP contribution is -2.63. The van der Waals surface area contributed by atoms with Gasteiger partial charge in [0.25, 0.3) is 11.5 Å². The van der Waals surface area contributed by atoms with Gasteiger partial charge in [0.1, 0.15) is 17.9 Å². The summed E-state index contributed by atoms with van der Waals surface area (Å²) in [6, 6.07) is 23.7. The van der Waals surface area contributed by atoms with E-state index in [-0.39, 0.29) is 42.3 Å². The molecule has 3 aliphatic heterocycles. The minimum atomic E-state index is -0.851. The number of anilines is 4. The molecule has 59 heavy (non-hydrogen) atoms. The zero-order chi connectivity index (χ0) is 40.0. The number of nitrogens with one attached hydrogen (secondary N) is 3. The zero-order valence-corrected chi connectivity index (χ0v) is 32.3. The van der Waals surface area contributed by atoms with Crippen LogP contribution in [0.1, 0.15) is 43.3 Å². The van der Waals surface area contributed by atoms with Crippen LogP contribution in [0.3, 0.4) is 0 Å². The molecule has 0 radical (unpaired) electrons. The number of piperidine rings is 1. The molecule has 0 bridgehead atoms. The third-order valence-electron chi connectivity index (χ3n) is 12.2. The van der Waals surface area contributed by atoms with Crippen LogP contribution in [0, 0.1) is 0 Å². The molecule has 3 aromatic heterocycles. The Morgan fingerprint density at radius 1 is 0.831 bits per heavy atom. The van der Waals surface area contributed by atoms with E-state index in [1.54, 1.807) is 12.4 Å². The van der Waals surface area contributed by atoms with Crippen molar-refractivity contribution < 1.29 is 14.4 Å². The number of imidazole rings is 1. The molecule has 4 aliphatic rings. The Balaban J connectivity index is 0.709. The van der Waals surface area contributed by atoms with Crippen molar-refractivity contribution in [1.29, 1.82) is 0 Å². The van der Waals surface area contributed by atoms with Gasteiger partial charge in [-0.3, -0.25) is 29.4 Å². The molecular formula is C42H43N13O4. The van der Waals surface area contributed by atoms with Crippen molar-refractivity contribution in [3.63, 3.8) is 0 Å². The molecule has 0 unspecified atom stereocenters. The predicted octanol–water partition coefficient (Wildman–Crippen LogP) is 2.73. The Hall–Kier alpha value is -6.75. The Morgan fingerprint density at radius 2 is 1.61 bits per heavy atom. The smallest absolute Gasteiger partial charge is 0.278 e. The van der Waals surface area contributed by atoms with Gasteiger partial charge in [-0.1, -0.05) is 35.5 Å². The van der Waals surface area contributed by atoms with E-state index >= 15 is 0 Å². The molecule has 17 heteroatoms. The SMILES string of the molecule is O=C1CC[C@H](n2nnc3ccc(N4CC(N5CCN(c6ccc(Nc7ncnc8c7ncn8C7CC(NC(=O)Cc8ccccc8)C7)cc6)CC5)C4)cc3c2=O)C(=O)N1. The number of hydrogen-bond acceptors (Lipinski definition) is 13. The Morgan fingerprint density at radius 3 is 2.39 bits per heavy atom. The Bertz CT molecular complexity index is 2610. The first-order chi connectivity index (χ1) is 28.8. The number of piperazine rings is 1. The first kappa shape index (κ1) is 36.6. The molecule has 3 N–H and O–H groups in total. The molecular weight excluding hydrogens is 751 g/mol. The number of carbonyl (C=O) groups is 3. The topological polar surface area (TPSA) is 188 Å². The summed E-state index contributed by atoms with van der Waals surface area (Å²) in [5.41, 5.74) is 5.59. The highest BCUT2D eigenvalue weighted by Crippen LogP contribution is 2.35. The minimum absolute atomic E-state index is 0.0431. The largest absolute Gasteiger partial charge is 0.369 e. The number of aromatic nitrogens is 7. The molecule has 4 fully saturated rings. The molecule has 6 heterocycles. The van der Waals surface area contributed by atoms with Crippen LogP contribution in [0.25, 0.3) is 22.1 Å². The molecule has 1 atom stereocenters. The van der Waals surface area contributed by atoms with Crippen LogP contribution < -0.4 is 31.3 Å². The van der Waals surface area contributed by atoms with E-state index < -0.39 is 11.9 Å². The average molecular weight is 794 g/mol. The Labute approximate surface area is 338 Å². The molecule has 1 aliphatic carbocycles. The van der Waals surface area contributed by atoms with Crippen LogP contribution in [0.4, 0.5) is 22.9 Å². The molecule has 0 spiro atoms. The van der Waals surface area contributed by atoms with Crippen molar-refractivity contribution in [3.8, 4) is 0 Å². The second-order valence-electron chi connectivity index (χ2n) is 15.9. The van der Waals surface area contributed by atoms with Crippen molar-refractivity contribution in [2.75, 3.05) is 54.4 Å². The lowest BCUT2D eigenvalue weighted by atomic mass is 9.86. The average Bonchev–Trinajstić information content (AvgIpc) is 3.65. The summed E-state index contributed by atoms with van der Waals surface area (Å²) >= 11 is 0.